The molecule has 0 spiro atoms. The van der Waals surface area contributed by atoms with Crippen LogP contribution in [0.15, 0.2) is 22.8 Å². The van der Waals surface area contributed by atoms with Crippen LogP contribution in [0, 0.1) is 5.92 Å². The maximum atomic E-state index is 11.2. The van der Waals surface area contributed by atoms with Crippen LogP contribution in [0.5, 0.6) is 0 Å². The first-order valence-electron chi connectivity index (χ1n) is 4.44. The SMILES string of the molecule is CC(C)C(C(=O)O)(C(=O)O)c1ccco1. The fraction of sp³-hybridized carbons (Fsp3) is 0.400. The Kier molecular flexibility index (Phi) is 2.83. The van der Waals surface area contributed by atoms with E-state index in [1.165, 1.54) is 32.2 Å². The maximum absolute atomic E-state index is 11.2. The monoisotopic (exact) mass is 212 g/mol. The first kappa shape index (κ1) is 11.3. The largest absolute Gasteiger partial charge is 0.480 e. The molecule has 2 N–H and O–H groups in total. The van der Waals surface area contributed by atoms with Gasteiger partial charge in [-0.15, -0.1) is 0 Å². The molecule has 0 unspecified atom stereocenters. The van der Waals surface area contributed by atoms with E-state index in [0.29, 0.717) is 0 Å². The van der Waals surface area contributed by atoms with E-state index in [0.717, 1.165) is 0 Å². The first-order valence-corrected chi connectivity index (χ1v) is 4.44. The lowest BCUT2D eigenvalue weighted by Gasteiger charge is -2.26. The highest BCUT2D eigenvalue weighted by Gasteiger charge is 2.53. The Morgan fingerprint density at radius 2 is 1.87 bits per heavy atom. The molecule has 82 valence electrons. The second kappa shape index (κ2) is 3.76. The van der Waals surface area contributed by atoms with Crippen LogP contribution < -0.4 is 0 Å². The van der Waals surface area contributed by atoms with Crippen LogP contribution in [0.2, 0.25) is 0 Å². The lowest BCUT2D eigenvalue weighted by molar-refractivity contribution is -0.161. The summed E-state index contributed by atoms with van der Waals surface area (Å²) in [6, 6.07) is 2.83. The van der Waals surface area contributed by atoms with Crippen LogP contribution in [-0.2, 0) is 15.0 Å². The number of aliphatic carboxylic acids is 2. The second-order valence-corrected chi connectivity index (χ2v) is 3.55. The van der Waals surface area contributed by atoms with Crippen molar-refractivity contribution in [1.29, 1.82) is 0 Å². The molecule has 0 fully saturated rings. The first-order chi connectivity index (χ1) is 6.94. The van der Waals surface area contributed by atoms with E-state index in [-0.39, 0.29) is 5.76 Å². The number of carbonyl (C=O) groups is 2. The normalized spacial score (nSPS) is 11.7. The minimum Gasteiger partial charge on any atom is -0.480 e. The molecule has 0 amide bonds. The Bertz CT molecular complexity index is 349. The van der Waals surface area contributed by atoms with E-state index in [1.54, 1.807) is 0 Å². The molecule has 5 heteroatoms. The van der Waals surface area contributed by atoms with Gasteiger partial charge in [-0.2, -0.15) is 0 Å². The van der Waals surface area contributed by atoms with Crippen LogP contribution in [0.3, 0.4) is 0 Å². The minimum absolute atomic E-state index is 0.0579. The molecule has 1 aromatic heterocycles. The molecular weight excluding hydrogens is 200 g/mol. The summed E-state index contributed by atoms with van der Waals surface area (Å²) in [6.45, 7) is 3.06. The third kappa shape index (κ3) is 1.49. The van der Waals surface area contributed by atoms with Gasteiger partial charge in [0.1, 0.15) is 5.76 Å². The van der Waals surface area contributed by atoms with E-state index < -0.39 is 23.3 Å². The van der Waals surface area contributed by atoms with E-state index in [9.17, 15) is 9.59 Å². The van der Waals surface area contributed by atoms with Gasteiger partial charge in [-0.3, -0.25) is 9.59 Å². The Hall–Kier alpha value is -1.78. The van der Waals surface area contributed by atoms with Gasteiger partial charge < -0.3 is 14.6 Å². The zero-order chi connectivity index (χ0) is 11.6. The summed E-state index contributed by atoms with van der Waals surface area (Å²) in [4.78, 5) is 22.3. The van der Waals surface area contributed by atoms with Crippen molar-refractivity contribution in [2.75, 3.05) is 0 Å². The van der Waals surface area contributed by atoms with Crippen molar-refractivity contribution in [2.45, 2.75) is 19.3 Å². The van der Waals surface area contributed by atoms with Gasteiger partial charge in [-0.1, -0.05) is 13.8 Å². The van der Waals surface area contributed by atoms with Gasteiger partial charge in [0.2, 0.25) is 5.41 Å². The number of furan rings is 1. The van der Waals surface area contributed by atoms with Crippen molar-refractivity contribution in [1.82, 2.24) is 0 Å². The maximum Gasteiger partial charge on any atom is 0.329 e. The number of carboxylic acid groups (broad SMARTS) is 2. The standard InChI is InChI=1S/C10H12O5/c1-6(2)10(8(11)12,9(13)14)7-4-3-5-15-7/h3-6H,1-2H3,(H,11,12)(H,13,14). The van der Waals surface area contributed by atoms with E-state index in [4.69, 9.17) is 14.6 Å². The average molecular weight is 212 g/mol. The lowest BCUT2D eigenvalue weighted by atomic mass is 9.75. The summed E-state index contributed by atoms with van der Waals surface area (Å²) in [6.07, 6.45) is 1.26. The van der Waals surface area contributed by atoms with E-state index in [1.807, 2.05) is 0 Å². The van der Waals surface area contributed by atoms with E-state index >= 15 is 0 Å². The van der Waals surface area contributed by atoms with Crippen LogP contribution in [0.25, 0.3) is 0 Å². The summed E-state index contributed by atoms with van der Waals surface area (Å²) < 4.78 is 4.92. The summed E-state index contributed by atoms with van der Waals surface area (Å²) >= 11 is 0. The van der Waals surface area contributed by atoms with Gasteiger partial charge in [0, 0.05) is 0 Å². The molecule has 0 aliphatic heterocycles. The molecule has 0 radical (unpaired) electrons. The number of rotatable bonds is 4. The molecule has 1 rings (SSSR count). The van der Waals surface area contributed by atoms with Gasteiger partial charge in [0.05, 0.1) is 6.26 Å². The van der Waals surface area contributed by atoms with Crippen LogP contribution in [-0.4, -0.2) is 22.2 Å². The highest BCUT2D eigenvalue weighted by atomic mass is 16.4. The predicted molar refractivity (Wildman–Crippen MR) is 50.5 cm³/mol. The Morgan fingerprint density at radius 1 is 1.33 bits per heavy atom. The summed E-state index contributed by atoms with van der Waals surface area (Å²) in [7, 11) is 0. The second-order valence-electron chi connectivity index (χ2n) is 3.55. The molecule has 0 atom stereocenters. The molecule has 0 saturated heterocycles. The molecule has 0 bridgehead atoms. The highest BCUT2D eigenvalue weighted by molar-refractivity contribution is 6.04. The zero-order valence-corrected chi connectivity index (χ0v) is 8.43. The third-order valence-electron chi connectivity index (χ3n) is 2.45. The number of hydrogen-bond donors (Lipinski definition) is 2. The van der Waals surface area contributed by atoms with Gasteiger partial charge in [0.25, 0.3) is 0 Å². The molecule has 0 aliphatic carbocycles. The highest BCUT2D eigenvalue weighted by Crippen LogP contribution is 2.33. The quantitative estimate of drug-likeness (QED) is 0.735. The Morgan fingerprint density at radius 3 is 2.13 bits per heavy atom. The van der Waals surface area contributed by atoms with Gasteiger partial charge in [0.15, 0.2) is 0 Å². The number of carboxylic acids is 2. The number of hydrogen-bond acceptors (Lipinski definition) is 3. The zero-order valence-electron chi connectivity index (χ0n) is 8.43. The van der Waals surface area contributed by atoms with Crippen LogP contribution in [0.4, 0.5) is 0 Å². The van der Waals surface area contributed by atoms with Crippen molar-refractivity contribution in [3.05, 3.63) is 24.2 Å². The smallest absolute Gasteiger partial charge is 0.329 e. The van der Waals surface area contributed by atoms with Crippen molar-refractivity contribution < 1.29 is 24.2 Å². The molecule has 0 saturated carbocycles. The van der Waals surface area contributed by atoms with Gasteiger partial charge >= 0.3 is 11.9 Å². The molecule has 1 aromatic rings. The fourth-order valence-electron chi connectivity index (χ4n) is 1.58. The van der Waals surface area contributed by atoms with Crippen molar-refractivity contribution in [2.24, 2.45) is 5.92 Å². The average Bonchev–Trinajstić information content (AvgIpc) is 2.55. The third-order valence-corrected chi connectivity index (χ3v) is 2.45. The Labute approximate surface area is 86.3 Å². The molecule has 0 aromatic carbocycles. The van der Waals surface area contributed by atoms with Crippen molar-refractivity contribution in [3.63, 3.8) is 0 Å². The topological polar surface area (TPSA) is 87.7 Å². The fourth-order valence-corrected chi connectivity index (χ4v) is 1.58. The van der Waals surface area contributed by atoms with E-state index in [2.05, 4.69) is 0 Å². The van der Waals surface area contributed by atoms with Gasteiger partial charge in [-0.25, -0.2) is 0 Å². The van der Waals surface area contributed by atoms with Crippen molar-refractivity contribution >= 4 is 11.9 Å². The summed E-state index contributed by atoms with van der Waals surface area (Å²) in [5.41, 5.74) is -2.01. The van der Waals surface area contributed by atoms with Crippen LogP contribution in [0.1, 0.15) is 19.6 Å². The van der Waals surface area contributed by atoms with Crippen molar-refractivity contribution in [3.8, 4) is 0 Å². The minimum atomic E-state index is -2.01. The summed E-state index contributed by atoms with van der Waals surface area (Å²) in [5.74, 6) is -3.50. The lowest BCUT2D eigenvalue weighted by Crippen LogP contribution is -2.47. The molecule has 15 heavy (non-hydrogen) atoms. The Balaban J connectivity index is 3.40. The van der Waals surface area contributed by atoms with Crippen LogP contribution >= 0.6 is 0 Å². The molecular formula is C10H12O5. The molecule has 5 nitrogen and oxygen atoms in total. The predicted octanol–water partition coefficient (Wildman–Crippen LogP) is 1.34. The molecule has 0 aliphatic rings. The van der Waals surface area contributed by atoms with Gasteiger partial charge in [-0.05, 0) is 18.1 Å². The molecule has 1 heterocycles. The summed E-state index contributed by atoms with van der Waals surface area (Å²) in [5, 5.41) is 18.2.